The molecular formula is C16H22N6O. The van der Waals surface area contributed by atoms with Crippen molar-refractivity contribution in [3.8, 4) is 0 Å². The number of piperidine rings is 1. The lowest BCUT2D eigenvalue weighted by molar-refractivity contribution is -0.121. The van der Waals surface area contributed by atoms with Crippen molar-refractivity contribution in [2.24, 2.45) is 13.0 Å². The van der Waals surface area contributed by atoms with Gasteiger partial charge in [-0.15, -0.1) is 0 Å². The van der Waals surface area contributed by atoms with Crippen LogP contribution in [0.3, 0.4) is 0 Å². The number of rotatable bonds is 4. The van der Waals surface area contributed by atoms with Gasteiger partial charge in [-0.05, 0) is 37.9 Å². The number of anilines is 1. The summed E-state index contributed by atoms with van der Waals surface area (Å²) in [7, 11) is 1.89. The van der Waals surface area contributed by atoms with Gasteiger partial charge in [0.1, 0.15) is 18.0 Å². The number of nitrogens with one attached hydrogen (secondary N) is 1. The average molecular weight is 314 g/mol. The molecule has 23 heavy (non-hydrogen) atoms. The number of hydrogen-bond acceptors (Lipinski definition) is 5. The fourth-order valence-corrected chi connectivity index (χ4v) is 2.85. The summed E-state index contributed by atoms with van der Waals surface area (Å²) >= 11 is 0. The normalized spacial score (nSPS) is 18.8. The number of carbonyl (C=O) groups excluding carboxylic acids is 1. The Balaban J connectivity index is 1.58. The van der Waals surface area contributed by atoms with Gasteiger partial charge in [0.05, 0.1) is 12.5 Å². The van der Waals surface area contributed by atoms with Gasteiger partial charge in [0, 0.05) is 19.8 Å². The fourth-order valence-electron chi connectivity index (χ4n) is 2.85. The monoisotopic (exact) mass is 314 g/mol. The zero-order chi connectivity index (χ0) is 16.2. The molecular weight excluding hydrogens is 292 g/mol. The minimum absolute atomic E-state index is 0.0138. The van der Waals surface area contributed by atoms with Gasteiger partial charge < -0.3 is 5.32 Å². The molecule has 1 saturated heterocycles. The zero-order valence-electron chi connectivity index (χ0n) is 13.6. The molecule has 0 radical (unpaired) electrons. The Morgan fingerprint density at radius 3 is 2.96 bits per heavy atom. The van der Waals surface area contributed by atoms with Crippen molar-refractivity contribution in [2.75, 3.05) is 18.4 Å². The maximum Gasteiger partial charge on any atom is 0.229 e. The number of likely N-dealkylation sites (tertiary alicyclic amines) is 1. The summed E-state index contributed by atoms with van der Waals surface area (Å²) in [4.78, 5) is 23.2. The second-order valence-corrected chi connectivity index (χ2v) is 6.08. The first kappa shape index (κ1) is 15.6. The topological polar surface area (TPSA) is 75.9 Å². The molecule has 1 aliphatic rings. The number of aryl methyl sites for hydroxylation is 2. The van der Waals surface area contributed by atoms with Crippen molar-refractivity contribution < 1.29 is 4.79 Å². The quantitative estimate of drug-likeness (QED) is 0.922. The van der Waals surface area contributed by atoms with E-state index in [4.69, 9.17) is 0 Å². The van der Waals surface area contributed by atoms with E-state index < -0.39 is 0 Å². The molecule has 0 spiro atoms. The maximum atomic E-state index is 12.5. The molecule has 0 saturated carbocycles. The van der Waals surface area contributed by atoms with Gasteiger partial charge in [-0.3, -0.25) is 14.4 Å². The molecule has 2 aromatic rings. The highest BCUT2D eigenvalue weighted by atomic mass is 16.2. The van der Waals surface area contributed by atoms with Crippen LogP contribution < -0.4 is 5.32 Å². The van der Waals surface area contributed by atoms with Crippen LogP contribution >= 0.6 is 0 Å². The SMILES string of the molecule is Cc1ccc(NC(=O)C2CCCN(Cc3ncnn3C)C2)nc1. The van der Waals surface area contributed by atoms with Crippen LogP contribution in [-0.2, 0) is 18.4 Å². The summed E-state index contributed by atoms with van der Waals surface area (Å²) in [5, 5.41) is 7.01. The second kappa shape index (κ2) is 6.87. The first-order chi connectivity index (χ1) is 11.1. The van der Waals surface area contributed by atoms with Gasteiger partial charge in [0.2, 0.25) is 5.91 Å². The van der Waals surface area contributed by atoms with Gasteiger partial charge in [0.15, 0.2) is 0 Å². The van der Waals surface area contributed by atoms with E-state index in [0.717, 1.165) is 43.9 Å². The van der Waals surface area contributed by atoms with Crippen LogP contribution in [-0.4, -0.2) is 43.6 Å². The number of carbonyl (C=O) groups is 1. The molecule has 1 fully saturated rings. The van der Waals surface area contributed by atoms with Gasteiger partial charge >= 0.3 is 0 Å². The van der Waals surface area contributed by atoms with E-state index in [0.29, 0.717) is 5.82 Å². The van der Waals surface area contributed by atoms with E-state index in [9.17, 15) is 4.79 Å². The number of nitrogens with zero attached hydrogens (tertiary/aromatic N) is 5. The van der Waals surface area contributed by atoms with Crippen molar-refractivity contribution in [1.82, 2.24) is 24.6 Å². The van der Waals surface area contributed by atoms with Gasteiger partial charge in [0.25, 0.3) is 0 Å². The van der Waals surface area contributed by atoms with Crippen molar-refractivity contribution in [1.29, 1.82) is 0 Å². The lowest BCUT2D eigenvalue weighted by Gasteiger charge is -2.31. The number of pyridine rings is 1. The van der Waals surface area contributed by atoms with E-state index in [1.54, 1.807) is 17.2 Å². The van der Waals surface area contributed by atoms with E-state index >= 15 is 0 Å². The third kappa shape index (κ3) is 3.92. The zero-order valence-corrected chi connectivity index (χ0v) is 13.6. The van der Waals surface area contributed by atoms with Crippen LogP contribution in [0, 0.1) is 12.8 Å². The number of amides is 1. The summed E-state index contributed by atoms with van der Waals surface area (Å²) in [5.41, 5.74) is 1.08. The molecule has 1 aliphatic heterocycles. The highest BCUT2D eigenvalue weighted by molar-refractivity contribution is 5.91. The predicted octanol–water partition coefficient (Wildman–Crippen LogP) is 1.37. The molecule has 1 unspecified atom stereocenters. The average Bonchev–Trinajstić information content (AvgIpc) is 2.95. The molecule has 122 valence electrons. The number of hydrogen-bond donors (Lipinski definition) is 1. The van der Waals surface area contributed by atoms with Crippen molar-refractivity contribution >= 4 is 11.7 Å². The van der Waals surface area contributed by atoms with Crippen molar-refractivity contribution in [3.63, 3.8) is 0 Å². The molecule has 1 atom stereocenters. The van der Waals surface area contributed by atoms with Crippen molar-refractivity contribution in [3.05, 3.63) is 36.0 Å². The lowest BCUT2D eigenvalue weighted by atomic mass is 9.97. The summed E-state index contributed by atoms with van der Waals surface area (Å²) in [6, 6.07) is 3.79. The maximum absolute atomic E-state index is 12.5. The van der Waals surface area contributed by atoms with Gasteiger partial charge in [-0.2, -0.15) is 5.10 Å². The van der Waals surface area contributed by atoms with E-state index in [-0.39, 0.29) is 11.8 Å². The first-order valence-electron chi connectivity index (χ1n) is 7.90. The molecule has 7 nitrogen and oxygen atoms in total. The second-order valence-electron chi connectivity index (χ2n) is 6.08. The Morgan fingerprint density at radius 2 is 2.26 bits per heavy atom. The molecule has 0 aromatic carbocycles. The first-order valence-corrected chi connectivity index (χ1v) is 7.90. The molecule has 3 heterocycles. The standard InChI is InChI=1S/C16H22N6O/c1-12-5-6-14(17-8-12)20-16(23)13-4-3-7-22(9-13)10-15-18-11-19-21(15)2/h5-6,8,11,13H,3-4,7,9-10H2,1-2H3,(H,17,20,23). The summed E-state index contributed by atoms with van der Waals surface area (Å²) < 4.78 is 1.78. The molecule has 1 N–H and O–H groups in total. The Labute approximate surface area is 135 Å². The van der Waals surface area contributed by atoms with Crippen LogP contribution in [0.15, 0.2) is 24.7 Å². The highest BCUT2D eigenvalue weighted by Crippen LogP contribution is 2.19. The van der Waals surface area contributed by atoms with Crippen LogP contribution in [0.25, 0.3) is 0 Å². The minimum atomic E-state index is -0.0138. The van der Waals surface area contributed by atoms with Gasteiger partial charge in [-0.25, -0.2) is 9.97 Å². The van der Waals surface area contributed by atoms with Gasteiger partial charge in [-0.1, -0.05) is 6.07 Å². The van der Waals surface area contributed by atoms with Crippen molar-refractivity contribution in [2.45, 2.75) is 26.3 Å². The van der Waals surface area contributed by atoms with E-state index in [1.165, 1.54) is 0 Å². The van der Waals surface area contributed by atoms with Crippen LogP contribution in [0.4, 0.5) is 5.82 Å². The minimum Gasteiger partial charge on any atom is -0.310 e. The fraction of sp³-hybridized carbons (Fsp3) is 0.500. The molecule has 0 aliphatic carbocycles. The lowest BCUT2D eigenvalue weighted by Crippen LogP contribution is -2.40. The molecule has 2 aromatic heterocycles. The van der Waals surface area contributed by atoms with Crippen LogP contribution in [0.5, 0.6) is 0 Å². The van der Waals surface area contributed by atoms with E-state index in [1.807, 2.05) is 26.1 Å². The number of aromatic nitrogens is 4. The predicted molar refractivity (Wildman–Crippen MR) is 86.6 cm³/mol. The van der Waals surface area contributed by atoms with Crippen LogP contribution in [0.1, 0.15) is 24.2 Å². The summed E-state index contributed by atoms with van der Waals surface area (Å²) in [6.45, 7) is 4.43. The van der Waals surface area contributed by atoms with Crippen LogP contribution in [0.2, 0.25) is 0 Å². The third-order valence-electron chi connectivity index (χ3n) is 4.21. The highest BCUT2D eigenvalue weighted by Gasteiger charge is 2.26. The summed E-state index contributed by atoms with van der Waals surface area (Å²) in [5.74, 6) is 1.57. The Hall–Kier alpha value is -2.28. The summed E-state index contributed by atoms with van der Waals surface area (Å²) in [6.07, 6.45) is 5.24. The Morgan fingerprint density at radius 1 is 1.39 bits per heavy atom. The largest absolute Gasteiger partial charge is 0.310 e. The smallest absolute Gasteiger partial charge is 0.229 e. The molecule has 3 rings (SSSR count). The van der Waals surface area contributed by atoms with E-state index in [2.05, 4.69) is 25.3 Å². The Bertz CT molecular complexity index is 665. The molecule has 0 bridgehead atoms. The molecule has 7 heteroatoms. The molecule has 1 amide bonds. The Kier molecular flexibility index (Phi) is 4.66. The third-order valence-corrected chi connectivity index (χ3v) is 4.21.